The lowest BCUT2D eigenvalue weighted by Gasteiger charge is -2.11. The van der Waals surface area contributed by atoms with E-state index in [2.05, 4.69) is 9.72 Å². The first-order valence-corrected chi connectivity index (χ1v) is 5.78. The summed E-state index contributed by atoms with van der Waals surface area (Å²) in [4.78, 5) is 14.5. The molecule has 3 nitrogen and oxygen atoms in total. The molecule has 1 aromatic carbocycles. The summed E-state index contributed by atoms with van der Waals surface area (Å²) in [5.41, 5.74) is 0.785. The van der Waals surface area contributed by atoms with Gasteiger partial charge in [0.25, 0.3) is 0 Å². The van der Waals surface area contributed by atoms with E-state index in [4.69, 9.17) is 0 Å². The Kier molecular flexibility index (Phi) is 4.21. The van der Waals surface area contributed by atoms with E-state index in [0.717, 1.165) is 12.3 Å². The first kappa shape index (κ1) is 15.0. The zero-order valence-corrected chi connectivity index (χ0v) is 10.5. The molecule has 0 spiro atoms. The average Bonchev–Trinajstić information content (AvgIpc) is 2.44. The standard InChI is InChI=1S/C14H9F4NO2/c15-12-3-11(5-19-6-12)10-1-9(7-20)2-13(4-10)21-8-14(16,17)18/h1-7H,8H2. The van der Waals surface area contributed by atoms with Crippen LogP contribution in [0.25, 0.3) is 11.1 Å². The monoisotopic (exact) mass is 299 g/mol. The van der Waals surface area contributed by atoms with E-state index in [-0.39, 0.29) is 11.3 Å². The van der Waals surface area contributed by atoms with Gasteiger partial charge in [0.05, 0.1) is 6.20 Å². The van der Waals surface area contributed by atoms with Crippen LogP contribution in [0, 0.1) is 5.82 Å². The fraction of sp³-hybridized carbons (Fsp3) is 0.143. The maximum atomic E-state index is 13.1. The van der Waals surface area contributed by atoms with Crippen molar-refractivity contribution in [2.45, 2.75) is 6.18 Å². The SMILES string of the molecule is O=Cc1cc(OCC(F)(F)F)cc(-c2cncc(F)c2)c1. The Morgan fingerprint density at radius 3 is 2.48 bits per heavy atom. The van der Waals surface area contributed by atoms with E-state index in [1.807, 2.05) is 0 Å². The highest BCUT2D eigenvalue weighted by molar-refractivity contribution is 5.80. The Balaban J connectivity index is 2.36. The van der Waals surface area contributed by atoms with Crippen molar-refractivity contribution in [2.75, 3.05) is 6.61 Å². The van der Waals surface area contributed by atoms with Gasteiger partial charge in [-0.15, -0.1) is 0 Å². The Morgan fingerprint density at radius 1 is 1.10 bits per heavy atom. The van der Waals surface area contributed by atoms with E-state index in [1.54, 1.807) is 0 Å². The van der Waals surface area contributed by atoms with E-state index in [1.165, 1.54) is 24.4 Å². The number of alkyl halides is 3. The Hall–Kier alpha value is -2.44. The molecule has 1 heterocycles. The molecule has 0 fully saturated rings. The molecule has 0 saturated carbocycles. The number of carbonyl (C=O) groups excluding carboxylic acids is 1. The number of aldehydes is 1. The predicted molar refractivity (Wildman–Crippen MR) is 66.6 cm³/mol. The van der Waals surface area contributed by atoms with Crippen molar-refractivity contribution >= 4 is 6.29 Å². The van der Waals surface area contributed by atoms with Crippen LogP contribution in [-0.2, 0) is 0 Å². The third-order valence-corrected chi connectivity index (χ3v) is 2.51. The van der Waals surface area contributed by atoms with Crippen molar-refractivity contribution in [1.82, 2.24) is 4.98 Å². The molecular weight excluding hydrogens is 290 g/mol. The lowest BCUT2D eigenvalue weighted by molar-refractivity contribution is -0.153. The van der Waals surface area contributed by atoms with Crippen molar-refractivity contribution in [1.29, 1.82) is 0 Å². The molecule has 0 bridgehead atoms. The molecule has 0 N–H and O–H groups in total. The average molecular weight is 299 g/mol. The molecule has 0 aliphatic carbocycles. The summed E-state index contributed by atoms with van der Waals surface area (Å²) in [6.07, 6.45) is -1.69. The molecule has 7 heteroatoms. The maximum Gasteiger partial charge on any atom is 0.422 e. The lowest BCUT2D eigenvalue weighted by Crippen LogP contribution is -2.19. The largest absolute Gasteiger partial charge is 0.484 e. The number of nitrogens with zero attached hydrogens (tertiary/aromatic N) is 1. The van der Waals surface area contributed by atoms with Crippen LogP contribution in [0.4, 0.5) is 17.6 Å². The smallest absolute Gasteiger partial charge is 0.422 e. The van der Waals surface area contributed by atoms with Gasteiger partial charge in [-0.2, -0.15) is 13.2 Å². The van der Waals surface area contributed by atoms with Gasteiger partial charge in [-0.25, -0.2) is 4.39 Å². The van der Waals surface area contributed by atoms with E-state index < -0.39 is 18.6 Å². The van der Waals surface area contributed by atoms with E-state index in [9.17, 15) is 22.4 Å². The number of carbonyl (C=O) groups is 1. The summed E-state index contributed by atoms with van der Waals surface area (Å²) in [6.45, 7) is -1.48. The first-order valence-electron chi connectivity index (χ1n) is 5.78. The van der Waals surface area contributed by atoms with Crippen LogP contribution in [0.3, 0.4) is 0 Å². The molecule has 0 atom stereocenters. The first-order chi connectivity index (χ1) is 9.87. The number of hydrogen-bond acceptors (Lipinski definition) is 3. The fourth-order valence-corrected chi connectivity index (χ4v) is 1.68. The summed E-state index contributed by atoms with van der Waals surface area (Å²) in [5, 5.41) is 0. The topological polar surface area (TPSA) is 39.2 Å². The molecule has 0 unspecified atom stereocenters. The molecule has 21 heavy (non-hydrogen) atoms. The second kappa shape index (κ2) is 5.90. The minimum absolute atomic E-state index is 0.119. The number of hydrogen-bond donors (Lipinski definition) is 0. The fourth-order valence-electron chi connectivity index (χ4n) is 1.68. The van der Waals surface area contributed by atoms with Crippen molar-refractivity contribution < 1.29 is 27.1 Å². The van der Waals surface area contributed by atoms with Gasteiger partial charge in [-0.05, 0) is 29.8 Å². The number of pyridine rings is 1. The molecule has 110 valence electrons. The van der Waals surface area contributed by atoms with Gasteiger partial charge in [0.15, 0.2) is 6.61 Å². The molecule has 0 amide bonds. The molecule has 0 radical (unpaired) electrons. The van der Waals surface area contributed by atoms with Gasteiger partial charge in [-0.3, -0.25) is 9.78 Å². The third kappa shape index (κ3) is 4.27. The van der Waals surface area contributed by atoms with Crippen LogP contribution in [0.2, 0.25) is 0 Å². The summed E-state index contributed by atoms with van der Waals surface area (Å²) in [7, 11) is 0. The van der Waals surface area contributed by atoms with Gasteiger partial charge in [0.1, 0.15) is 17.9 Å². The van der Waals surface area contributed by atoms with Gasteiger partial charge >= 0.3 is 6.18 Å². The summed E-state index contributed by atoms with van der Waals surface area (Å²) >= 11 is 0. The van der Waals surface area contributed by atoms with Crippen LogP contribution in [0.5, 0.6) is 5.75 Å². The quantitative estimate of drug-likeness (QED) is 0.639. The molecule has 1 aromatic heterocycles. The van der Waals surface area contributed by atoms with Gasteiger partial charge in [0, 0.05) is 17.3 Å². The summed E-state index contributed by atoms with van der Waals surface area (Å²) < 4.78 is 54.2. The van der Waals surface area contributed by atoms with Gasteiger partial charge < -0.3 is 4.74 Å². The molecule has 2 aromatic rings. The Labute approximate surface area is 117 Å². The second-order valence-corrected chi connectivity index (χ2v) is 4.20. The van der Waals surface area contributed by atoms with Crippen LogP contribution in [0.1, 0.15) is 10.4 Å². The Bertz CT molecular complexity index is 656. The van der Waals surface area contributed by atoms with E-state index >= 15 is 0 Å². The number of rotatable bonds is 4. The number of ether oxygens (including phenoxy) is 1. The highest BCUT2D eigenvalue weighted by Gasteiger charge is 2.28. The van der Waals surface area contributed by atoms with E-state index in [0.29, 0.717) is 17.4 Å². The highest BCUT2D eigenvalue weighted by atomic mass is 19.4. The molecule has 2 rings (SSSR count). The molecule has 0 aliphatic heterocycles. The Morgan fingerprint density at radius 2 is 1.86 bits per heavy atom. The number of halogens is 4. The van der Waals surface area contributed by atoms with Crippen LogP contribution in [0.15, 0.2) is 36.7 Å². The predicted octanol–water partition coefficient (Wildman–Crippen LogP) is 3.64. The number of aromatic nitrogens is 1. The van der Waals surface area contributed by atoms with Crippen LogP contribution >= 0.6 is 0 Å². The lowest BCUT2D eigenvalue weighted by atomic mass is 10.0. The van der Waals surface area contributed by atoms with Gasteiger partial charge in [-0.1, -0.05) is 0 Å². The minimum Gasteiger partial charge on any atom is -0.484 e. The third-order valence-electron chi connectivity index (χ3n) is 2.51. The van der Waals surface area contributed by atoms with Crippen molar-refractivity contribution in [3.8, 4) is 16.9 Å². The summed E-state index contributed by atoms with van der Waals surface area (Å²) in [5.74, 6) is -0.724. The normalized spacial score (nSPS) is 11.2. The van der Waals surface area contributed by atoms with Crippen LogP contribution in [-0.4, -0.2) is 24.1 Å². The zero-order chi connectivity index (χ0) is 15.5. The maximum absolute atomic E-state index is 13.1. The minimum atomic E-state index is -4.49. The molecule has 0 aliphatic rings. The second-order valence-electron chi connectivity index (χ2n) is 4.20. The zero-order valence-electron chi connectivity index (χ0n) is 10.5. The molecular formula is C14H9F4NO2. The van der Waals surface area contributed by atoms with Crippen molar-refractivity contribution in [2.24, 2.45) is 0 Å². The number of benzene rings is 1. The van der Waals surface area contributed by atoms with Crippen molar-refractivity contribution in [3.63, 3.8) is 0 Å². The summed E-state index contributed by atoms with van der Waals surface area (Å²) in [6, 6.07) is 5.03. The van der Waals surface area contributed by atoms with Crippen LogP contribution < -0.4 is 4.74 Å². The van der Waals surface area contributed by atoms with Crippen molar-refractivity contribution in [3.05, 3.63) is 48.0 Å². The molecule has 0 saturated heterocycles. The highest BCUT2D eigenvalue weighted by Crippen LogP contribution is 2.27. The van der Waals surface area contributed by atoms with Gasteiger partial charge in [0.2, 0.25) is 0 Å².